The van der Waals surface area contributed by atoms with Crippen molar-refractivity contribution in [1.29, 1.82) is 0 Å². The molecule has 0 aromatic heterocycles. The van der Waals surface area contributed by atoms with Gasteiger partial charge in [0.1, 0.15) is 5.66 Å². The molecule has 1 saturated heterocycles. The van der Waals surface area contributed by atoms with Crippen LogP contribution in [0.3, 0.4) is 0 Å². The molecule has 0 spiro atoms. The summed E-state index contributed by atoms with van der Waals surface area (Å²) in [5, 5.41) is 32.1. The standard InChI is InChI=1S/C11H24NO6P/c1-4-17-19(16,18-5-2)8(6-13)9-11(15)10(14)7(3)12-9/h7-15H,4-6H2,1-3H3/t7-,8?,9-,10+,11-/m0/s1. The molecule has 0 amide bonds. The number of aliphatic hydroxyl groups excluding tert-OH is 3. The molecule has 0 aromatic rings. The van der Waals surface area contributed by atoms with E-state index in [0.29, 0.717) is 0 Å². The summed E-state index contributed by atoms with van der Waals surface area (Å²) in [6, 6.07) is -1.09. The normalized spacial score (nSPS) is 33.6. The Bertz CT molecular complexity index is 318. The van der Waals surface area contributed by atoms with Gasteiger partial charge < -0.3 is 29.7 Å². The molecule has 4 N–H and O–H groups in total. The van der Waals surface area contributed by atoms with Crippen LogP contribution < -0.4 is 5.32 Å². The molecule has 1 heterocycles. The second-order valence-corrected chi connectivity index (χ2v) is 6.85. The summed E-state index contributed by atoms with van der Waals surface area (Å²) in [6.07, 6.45) is -2.10. The molecule has 0 bridgehead atoms. The van der Waals surface area contributed by atoms with E-state index in [-0.39, 0.29) is 19.3 Å². The van der Waals surface area contributed by atoms with Crippen molar-refractivity contribution in [3.8, 4) is 0 Å². The Morgan fingerprint density at radius 3 is 2.05 bits per heavy atom. The summed E-state index contributed by atoms with van der Waals surface area (Å²) in [5.74, 6) is 0. The van der Waals surface area contributed by atoms with E-state index in [1.54, 1.807) is 20.8 Å². The van der Waals surface area contributed by atoms with Crippen LogP contribution in [-0.4, -0.2) is 65.1 Å². The van der Waals surface area contributed by atoms with Gasteiger partial charge in [-0.3, -0.25) is 4.57 Å². The highest BCUT2D eigenvalue weighted by Crippen LogP contribution is 2.55. The van der Waals surface area contributed by atoms with Crippen LogP contribution in [0.1, 0.15) is 20.8 Å². The van der Waals surface area contributed by atoms with E-state index in [9.17, 15) is 19.9 Å². The number of hydrogen-bond donors (Lipinski definition) is 4. The van der Waals surface area contributed by atoms with Crippen molar-refractivity contribution in [1.82, 2.24) is 5.32 Å². The molecule has 114 valence electrons. The van der Waals surface area contributed by atoms with E-state index in [0.717, 1.165) is 0 Å². The van der Waals surface area contributed by atoms with Gasteiger partial charge in [-0.2, -0.15) is 0 Å². The minimum Gasteiger partial charge on any atom is -0.395 e. The Morgan fingerprint density at radius 1 is 1.21 bits per heavy atom. The van der Waals surface area contributed by atoms with Gasteiger partial charge in [-0.05, 0) is 20.8 Å². The Kier molecular flexibility index (Phi) is 6.39. The number of hydrogen-bond acceptors (Lipinski definition) is 7. The second-order valence-electron chi connectivity index (χ2n) is 4.59. The molecule has 0 saturated carbocycles. The fourth-order valence-electron chi connectivity index (χ4n) is 2.35. The van der Waals surface area contributed by atoms with E-state index in [4.69, 9.17) is 9.05 Å². The Morgan fingerprint density at radius 2 is 1.74 bits per heavy atom. The molecule has 0 aliphatic carbocycles. The largest absolute Gasteiger partial charge is 0.395 e. The minimum absolute atomic E-state index is 0.175. The maximum absolute atomic E-state index is 12.7. The summed E-state index contributed by atoms with van der Waals surface area (Å²) in [7, 11) is -3.55. The molecule has 0 aromatic carbocycles. The molecule has 1 unspecified atom stereocenters. The molecular formula is C11H24NO6P. The zero-order valence-corrected chi connectivity index (χ0v) is 12.4. The third-order valence-electron chi connectivity index (χ3n) is 3.31. The fourth-order valence-corrected chi connectivity index (χ4v) is 4.38. The van der Waals surface area contributed by atoms with Gasteiger partial charge in [0, 0.05) is 6.04 Å². The smallest absolute Gasteiger partial charge is 0.337 e. The van der Waals surface area contributed by atoms with Crippen LogP contribution >= 0.6 is 7.60 Å². The highest BCUT2D eigenvalue weighted by Gasteiger charge is 2.50. The zero-order valence-electron chi connectivity index (χ0n) is 11.5. The summed E-state index contributed by atoms with van der Waals surface area (Å²) in [4.78, 5) is 0. The van der Waals surface area contributed by atoms with Gasteiger partial charge in [0.25, 0.3) is 0 Å². The number of rotatable bonds is 7. The van der Waals surface area contributed by atoms with E-state index in [1.807, 2.05) is 0 Å². The predicted octanol–water partition coefficient (Wildman–Crippen LogP) is -0.305. The average molecular weight is 297 g/mol. The first kappa shape index (κ1) is 17.0. The van der Waals surface area contributed by atoms with Gasteiger partial charge in [-0.25, -0.2) is 0 Å². The van der Waals surface area contributed by atoms with Crippen molar-refractivity contribution >= 4 is 7.60 Å². The second kappa shape index (κ2) is 7.13. The van der Waals surface area contributed by atoms with E-state index in [1.165, 1.54) is 0 Å². The summed E-state index contributed by atoms with van der Waals surface area (Å²) in [6.45, 7) is 4.94. The number of aliphatic hydroxyl groups is 3. The van der Waals surface area contributed by atoms with E-state index < -0.39 is 38.1 Å². The van der Waals surface area contributed by atoms with E-state index >= 15 is 0 Å². The van der Waals surface area contributed by atoms with Gasteiger partial charge in [-0.15, -0.1) is 0 Å². The Labute approximate surface area is 113 Å². The van der Waals surface area contributed by atoms with Crippen molar-refractivity contribution in [2.24, 2.45) is 0 Å². The lowest BCUT2D eigenvalue weighted by molar-refractivity contribution is 0.0254. The van der Waals surface area contributed by atoms with Crippen LogP contribution in [0.4, 0.5) is 0 Å². The topological polar surface area (TPSA) is 108 Å². The van der Waals surface area contributed by atoms with Crippen LogP contribution in [0, 0.1) is 0 Å². The lowest BCUT2D eigenvalue weighted by atomic mass is 10.1. The van der Waals surface area contributed by atoms with Crippen LogP contribution in [0.2, 0.25) is 0 Å². The minimum atomic E-state index is -3.55. The summed E-state index contributed by atoms with van der Waals surface area (Å²) in [5.41, 5.74) is -0.915. The van der Waals surface area contributed by atoms with E-state index in [2.05, 4.69) is 5.32 Å². The van der Waals surface area contributed by atoms with Crippen LogP contribution in [0.5, 0.6) is 0 Å². The predicted molar refractivity (Wildman–Crippen MR) is 70.1 cm³/mol. The van der Waals surface area contributed by atoms with Gasteiger partial charge in [0.05, 0.1) is 38.1 Å². The van der Waals surface area contributed by atoms with Crippen molar-refractivity contribution in [3.05, 3.63) is 0 Å². The van der Waals surface area contributed by atoms with Crippen molar-refractivity contribution in [3.63, 3.8) is 0 Å². The first-order chi connectivity index (χ1) is 8.91. The fraction of sp³-hybridized carbons (Fsp3) is 1.00. The SMILES string of the molecule is CCOP(=O)(OCC)C(CO)[C@@H]1N[C@@H](C)[C@@H](O)[C@H]1O. The monoisotopic (exact) mass is 297 g/mol. The summed E-state index contributed by atoms with van der Waals surface area (Å²) < 4.78 is 23.0. The Balaban J connectivity index is 2.95. The highest BCUT2D eigenvalue weighted by atomic mass is 31.2. The maximum atomic E-state index is 12.7. The van der Waals surface area contributed by atoms with Crippen molar-refractivity contribution in [2.45, 2.75) is 50.7 Å². The van der Waals surface area contributed by atoms with Crippen LogP contribution in [0.25, 0.3) is 0 Å². The first-order valence-corrected chi connectivity index (χ1v) is 8.14. The van der Waals surface area contributed by atoms with Crippen molar-refractivity contribution < 1.29 is 28.9 Å². The lowest BCUT2D eigenvalue weighted by Crippen LogP contribution is -2.45. The molecule has 8 heteroatoms. The van der Waals surface area contributed by atoms with Gasteiger partial charge in [0.2, 0.25) is 0 Å². The molecule has 19 heavy (non-hydrogen) atoms. The maximum Gasteiger partial charge on any atom is 0.337 e. The van der Waals surface area contributed by atoms with Crippen molar-refractivity contribution in [2.75, 3.05) is 19.8 Å². The molecule has 1 aliphatic heterocycles. The molecule has 1 fully saturated rings. The molecule has 1 aliphatic rings. The summed E-state index contributed by atoms with van der Waals surface area (Å²) >= 11 is 0. The van der Waals surface area contributed by atoms with Gasteiger partial charge in [0.15, 0.2) is 0 Å². The highest BCUT2D eigenvalue weighted by molar-refractivity contribution is 7.54. The average Bonchev–Trinajstić information content (AvgIpc) is 2.59. The molecule has 7 nitrogen and oxygen atoms in total. The van der Waals surface area contributed by atoms with Gasteiger partial charge >= 0.3 is 7.60 Å². The zero-order chi connectivity index (χ0) is 14.6. The molecule has 5 atom stereocenters. The third-order valence-corrected chi connectivity index (χ3v) is 5.84. The lowest BCUT2D eigenvalue weighted by Gasteiger charge is -2.30. The first-order valence-electron chi connectivity index (χ1n) is 6.53. The quantitative estimate of drug-likeness (QED) is 0.478. The van der Waals surface area contributed by atoms with Gasteiger partial charge in [-0.1, -0.05) is 0 Å². The number of nitrogens with one attached hydrogen (secondary N) is 1. The molecule has 0 radical (unpaired) electrons. The van der Waals surface area contributed by atoms with Crippen LogP contribution in [-0.2, 0) is 13.6 Å². The molecule has 1 rings (SSSR count). The van der Waals surface area contributed by atoms with Crippen LogP contribution in [0.15, 0.2) is 0 Å². The molecular weight excluding hydrogens is 273 g/mol. The third kappa shape index (κ3) is 3.55. The Hall–Kier alpha value is -0.0100.